The minimum atomic E-state index is -0.226. The normalized spacial score (nSPS) is 16.1. The first-order valence-electron chi connectivity index (χ1n) is 10.1. The zero-order valence-corrected chi connectivity index (χ0v) is 18.9. The molecule has 1 heterocycles. The van der Waals surface area contributed by atoms with Gasteiger partial charge in [0.1, 0.15) is 5.37 Å². The van der Waals surface area contributed by atoms with Gasteiger partial charge in [0.2, 0.25) is 5.91 Å². The molecule has 31 heavy (non-hydrogen) atoms. The number of nitrogens with one attached hydrogen (secondary N) is 1. The molecule has 1 N–H and O–H groups in total. The molecular formula is C25H23ClN2O2S. The molecule has 158 valence electrons. The van der Waals surface area contributed by atoms with Gasteiger partial charge in [-0.05, 0) is 59.5 Å². The minimum Gasteiger partial charge on any atom is -0.322 e. The van der Waals surface area contributed by atoms with Crippen LogP contribution in [0.2, 0.25) is 5.02 Å². The smallest absolute Gasteiger partial charge is 0.255 e. The Labute approximate surface area is 191 Å². The van der Waals surface area contributed by atoms with Crippen LogP contribution >= 0.6 is 23.4 Å². The first-order valence-corrected chi connectivity index (χ1v) is 11.6. The van der Waals surface area contributed by atoms with Gasteiger partial charge in [0.15, 0.2) is 0 Å². The zero-order chi connectivity index (χ0) is 22.0. The van der Waals surface area contributed by atoms with Gasteiger partial charge in [0, 0.05) is 22.0 Å². The minimum absolute atomic E-state index is 0.0839. The summed E-state index contributed by atoms with van der Waals surface area (Å²) < 4.78 is 0. The van der Waals surface area contributed by atoms with Crippen LogP contribution in [0.4, 0.5) is 11.4 Å². The van der Waals surface area contributed by atoms with Crippen LogP contribution in [0.25, 0.3) is 0 Å². The van der Waals surface area contributed by atoms with Crippen molar-refractivity contribution in [2.45, 2.75) is 25.1 Å². The fourth-order valence-electron chi connectivity index (χ4n) is 3.57. The van der Waals surface area contributed by atoms with Gasteiger partial charge in [-0.15, -0.1) is 11.8 Å². The molecule has 1 saturated heterocycles. The number of hydrogen-bond donors (Lipinski definition) is 1. The lowest BCUT2D eigenvalue weighted by Crippen LogP contribution is -2.27. The summed E-state index contributed by atoms with van der Waals surface area (Å²) in [6.45, 7) is 4.30. The summed E-state index contributed by atoms with van der Waals surface area (Å²) in [5.74, 6) is 0.722. The summed E-state index contributed by atoms with van der Waals surface area (Å²) in [6.07, 6.45) is 0. The Kier molecular flexibility index (Phi) is 6.35. The Morgan fingerprint density at radius 2 is 1.81 bits per heavy atom. The average Bonchev–Trinajstić information content (AvgIpc) is 3.15. The third kappa shape index (κ3) is 4.78. The van der Waals surface area contributed by atoms with Crippen LogP contribution in [0.1, 0.15) is 46.6 Å². The Hall–Kier alpha value is -2.76. The number of benzene rings is 3. The molecule has 0 spiro atoms. The molecule has 0 aromatic heterocycles. The fourth-order valence-corrected chi connectivity index (χ4v) is 4.93. The van der Waals surface area contributed by atoms with Crippen molar-refractivity contribution in [2.24, 2.45) is 0 Å². The number of rotatable bonds is 5. The molecule has 0 aliphatic carbocycles. The molecule has 6 heteroatoms. The van der Waals surface area contributed by atoms with Gasteiger partial charge in [0.25, 0.3) is 5.91 Å². The van der Waals surface area contributed by atoms with E-state index in [-0.39, 0.29) is 17.2 Å². The lowest BCUT2D eigenvalue weighted by molar-refractivity contribution is -0.115. The Morgan fingerprint density at radius 3 is 2.52 bits per heavy atom. The Balaban J connectivity index is 1.57. The molecule has 3 aromatic rings. The van der Waals surface area contributed by atoms with Crippen LogP contribution in [-0.4, -0.2) is 17.6 Å². The average molecular weight is 451 g/mol. The van der Waals surface area contributed by atoms with Crippen LogP contribution < -0.4 is 10.2 Å². The van der Waals surface area contributed by atoms with Crippen molar-refractivity contribution in [3.05, 3.63) is 94.5 Å². The summed E-state index contributed by atoms with van der Waals surface area (Å²) in [5, 5.41) is 3.30. The predicted molar refractivity (Wildman–Crippen MR) is 129 cm³/mol. The van der Waals surface area contributed by atoms with Gasteiger partial charge < -0.3 is 5.32 Å². The topological polar surface area (TPSA) is 49.4 Å². The number of nitrogens with zero attached hydrogens (tertiary/aromatic N) is 1. The molecule has 2 amide bonds. The van der Waals surface area contributed by atoms with Gasteiger partial charge in [-0.1, -0.05) is 55.8 Å². The number of carbonyl (C=O) groups excluding carboxylic acids is 2. The molecular weight excluding hydrogens is 428 g/mol. The molecule has 1 aliphatic rings. The monoisotopic (exact) mass is 450 g/mol. The van der Waals surface area contributed by atoms with Crippen molar-refractivity contribution in [3.8, 4) is 0 Å². The lowest BCUT2D eigenvalue weighted by Gasteiger charge is -2.25. The van der Waals surface area contributed by atoms with Crippen molar-refractivity contribution in [3.63, 3.8) is 0 Å². The summed E-state index contributed by atoms with van der Waals surface area (Å²) >= 11 is 7.59. The first-order chi connectivity index (χ1) is 14.9. The van der Waals surface area contributed by atoms with E-state index in [4.69, 9.17) is 11.6 Å². The van der Waals surface area contributed by atoms with Gasteiger partial charge in [0.05, 0.1) is 5.75 Å². The molecule has 1 unspecified atom stereocenters. The van der Waals surface area contributed by atoms with Crippen LogP contribution in [0, 0.1) is 0 Å². The Morgan fingerprint density at radius 1 is 1.06 bits per heavy atom. The molecule has 4 rings (SSSR count). The summed E-state index contributed by atoms with van der Waals surface area (Å²) in [5.41, 5.74) is 4.27. The molecule has 1 aliphatic heterocycles. The highest BCUT2D eigenvalue weighted by Gasteiger charge is 2.34. The standard InChI is InChI=1S/C25H23ClN2O2S/c1-16(2)17-9-11-22(12-10-17)28-23(29)15-31-25(28)19-6-4-8-21(14-19)27-24(30)18-5-3-7-20(26)13-18/h3-14,16,25H,15H2,1-2H3,(H,27,30). The third-order valence-electron chi connectivity index (χ3n) is 5.22. The van der Waals surface area contributed by atoms with Crippen molar-refractivity contribution in [1.29, 1.82) is 0 Å². The van der Waals surface area contributed by atoms with E-state index in [1.807, 2.05) is 41.3 Å². The van der Waals surface area contributed by atoms with Crippen LogP contribution in [0.5, 0.6) is 0 Å². The zero-order valence-electron chi connectivity index (χ0n) is 17.3. The molecule has 0 bridgehead atoms. The molecule has 4 nitrogen and oxygen atoms in total. The lowest BCUT2D eigenvalue weighted by atomic mass is 10.0. The van der Waals surface area contributed by atoms with E-state index in [0.717, 1.165) is 11.3 Å². The molecule has 1 fully saturated rings. The molecule has 0 saturated carbocycles. The van der Waals surface area contributed by atoms with E-state index in [1.54, 1.807) is 36.0 Å². The molecule has 1 atom stereocenters. The van der Waals surface area contributed by atoms with Gasteiger partial charge in [-0.3, -0.25) is 14.5 Å². The molecule has 0 radical (unpaired) electrons. The fraction of sp³-hybridized carbons (Fsp3) is 0.200. The van der Waals surface area contributed by atoms with E-state index in [2.05, 4.69) is 31.3 Å². The van der Waals surface area contributed by atoms with E-state index in [0.29, 0.717) is 27.9 Å². The van der Waals surface area contributed by atoms with Gasteiger partial charge in [-0.2, -0.15) is 0 Å². The van der Waals surface area contributed by atoms with E-state index >= 15 is 0 Å². The van der Waals surface area contributed by atoms with Gasteiger partial charge in [-0.25, -0.2) is 0 Å². The number of halogens is 1. The van der Waals surface area contributed by atoms with E-state index < -0.39 is 0 Å². The van der Waals surface area contributed by atoms with Gasteiger partial charge >= 0.3 is 0 Å². The first kappa shape index (κ1) is 21.5. The number of carbonyl (C=O) groups is 2. The maximum atomic E-state index is 12.7. The van der Waals surface area contributed by atoms with Crippen molar-refractivity contribution in [2.75, 3.05) is 16.0 Å². The summed E-state index contributed by atoms with van der Waals surface area (Å²) in [6, 6.07) is 22.7. The van der Waals surface area contributed by atoms with Crippen molar-refractivity contribution in [1.82, 2.24) is 0 Å². The third-order valence-corrected chi connectivity index (χ3v) is 6.67. The van der Waals surface area contributed by atoms with Crippen molar-refractivity contribution >= 4 is 46.6 Å². The van der Waals surface area contributed by atoms with E-state index in [9.17, 15) is 9.59 Å². The number of amides is 2. The highest BCUT2D eigenvalue weighted by molar-refractivity contribution is 8.00. The molecule has 3 aromatic carbocycles. The number of thioether (sulfide) groups is 1. The maximum Gasteiger partial charge on any atom is 0.255 e. The largest absolute Gasteiger partial charge is 0.322 e. The summed E-state index contributed by atoms with van der Waals surface area (Å²) in [4.78, 5) is 27.1. The quantitative estimate of drug-likeness (QED) is 0.483. The predicted octanol–water partition coefficient (Wildman–Crippen LogP) is 6.49. The second kappa shape index (κ2) is 9.16. The second-order valence-corrected chi connectivity index (χ2v) is 9.27. The highest BCUT2D eigenvalue weighted by Crippen LogP contribution is 2.42. The number of hydrogen-bond acceptors (Lipinski definition) is 3. The van der Waals surface area contributed by atoms with Crippen LogP contribution in [0.3, 0.4) is 0 Å². The maximum absolute atomic E-state index is 12.7. The number of anilines is 2. The van der Waals surface area contributed by atoms with Crippen molar-refractivity contribution < 1.29 is 9.59 Å². The van der Waals surface area contributed by atoms with Crippen LogP contribution in [0.15, 0.2) is 72.8 Å². The van der Waals surface area contributed by atoms with Crippen LogP contribution in [-0.2, 0) is 4.79 Å². The highest BCUT2D eigenvalue weighted by atomic mass is 35.5. The summed E-state index contributed by atoms with van der Waals surface area (Å²) in [7, 11) is 0. The second-order valence-electron chi connectivity index (χ2n) is 7.76. The Bertz CT molecular complexity index is 1110. The SMILES string of the molecule is CC(C)c1ccc(N2C(=O)CSC2c2cccc(NC(=O)c3cccc(Cl)c3)c2)cc1. The van der Waals surface area contributed by atoms with E-state index in [1.165, 1.54) is 5.56 Å².